The van der Waals surface area contributed by atoms with Crippen LogP contribution in [0, 0.1) is 0 Å². The number of carboxylic acid groups (broad SMARTS) is 1. The van der Waals surface area contributed by atoms with E-state index in [1.165, 1.54) is 4.90 Å². The Morgan fingerprint density at radius 3 is 1.69 bits per heavy atom. The van der Waals surface area contributed by atoms with E-state index < -0.39 is 24.1 Å². The van der Waals surface area contributed by atoms with Crippen LogP contribution in [0.1, 0.15) is 18.4 Å². The molecule has 3 atom stereocenters. The molecule has 42 heavy (non-hydrogen) atoms. The minimum Gasteiger partial charge on any atom is -0.480 e. The number of piperazine rings is 1. The standard InChI is InChI=1S/C34H32N4O4/c39-32(40)31-30-22-21-29(24-36(31)34(42)37(27-17-9-3-10-18-27)28-19-11-4-12-20-28)38(30)33(41)35(26-15-7-2-8-16-26)23-25-13-5-1-6-14-25/h1-20,29-31H,21-24H2,(H,39,40)/t29-,30+,31-/m0/s1. The first-order valence-corrected chi connectivity index (χ1v) is 14.2. The van der Waals surface area contributed by atoms with Gasteiger partial charge in [-0.15, -0.1) is 0 Å². The molecule has 0 unspecified atom stereocenters. The maximum atomic E-state index is 14.3. The predicted molar refractivity (Wildman–Crippen MR) is 162 cm³/mol. The highest BCUT2D eigenvalue weighted by Gasteiger charge is 2.54. The summed E-state index contributed by atoms with van der Waals surface area (Å²) in [6, 6.07) is 34.8. The van der Waals surface area contributed by atoms with Gasteiger partial charge in [0.2, 0.25) is 0 Å². The van der Waals surface area contributed by atoms with Crippen molar-refractivity contribution in [3.05, 3.63) is 127 Å². The van der Waals surface area contributed by atoms with E-state index in [9.17, 15) is 19.5 Å². The van der Waals surface area contributed by atoms with Crippen LogP contribution in [0.3, 0.4) is 0 Å². The number of carboxylic acids is 1. The van der Waals surface area contributed by atoms with Crippen LogP contribution in [0.15, 0.2) is 121 Å². The van der Waals surface area contributed by atoms with E-state index in [2.05, 4.69) is 0 Å². The second kappa shape index (κ2) is 11.8. The number of nitrogens with zero attached hydrogens (tertiary/aromatic N) is 4. The van der Waals surface area contributed by atoms with E-state index in [0.29, 0.717) is 30.8 Å². The van der Waals surface area contributed by atoms with Crippen molar-refractivity contribution < 1.29 is 19.5 Å². The molecule has 2 bridgehead atoms. The lowest BCUT2D eigenvalue weighted by atomic mass is 10.0. The molecule has 0 radical (unpaired) electrons. The molecule has 4 aromatic rings. The Bertz CT molecular complexity index is 1500. The van der Waals surface area contributed by atoms with Crippen LogP contribution >= 0.6 is 0 Å². The number of amides is 4. The Morgan fingerprint density at radius 1 is 0.667 bits per heavy atom. The maximum Gasteiger partial charge on any atom is 0.329 e. The summed E-state index contributed by atoms with van der Waals surface area (Å²) in [7, 11) is 0. The summed E-state index contributed by atoms with van der Waals surface area (Å²) in [5, 5.41) is 10.5. The van der Waals surface area contributed by atoms with Gasteiger partial charge in [0, 0.05) is 12.2 Å². The van der Waals surface area contributed by atoms with Gasteiger partial charge in [0.1, 0.15) is 0 Å². The van der Waals surface area contributed by atoms with Crippen LogP contribution < -0.4 is 9.80 Å². The zero-order valence-electron chi connectivity index (χ0n) is 23.1. The molecule has 0 spiro atoms. The Morgan fingerprint density at radius 2 is 1.17 bits per heavy atom. The third kappa shape index (κ3) is 5.19. The smallest absolute Gasteiger partial charge is 0.329 e. The molecule has 0 aromatic heterocycles. The lowest BCUT2D eigenvalue weighted by molar-refractivity contribution is -0.145. The fourth-order valence-corrected chi connectivity index (χ4v) is 6.18. The number of rotatable bonds is 6. The molecule has 6 rings (SSSR count). The topological polar surface area (TPSA) is 84.4 Å². The summed E-state index contributed by atoms with van der Waals surface area (Å²) >= 11 is 0. The number of hydrogen-bond acceptors (Lipinski definition) is 3. The third-order valence-electron chi connectivity index (χ3n) is 8.08. The molecule has 8 heteroatoms. The quantitative estimate of drug-likeness (QED) is 0.297. The van der Waals surface area contributed by atoms with Gasteiger partial charge in [-0.3, -0.25) is 9.80 Å². The van der Waals surface area contributed by atoms with Crippen LogP contribution in [0.5, 0.6) is 0 Å². The number of anilines is 3. The number of para-hydroxylation sites is 3. The summed E-state index contributed by atoms with van der Waals surface area (Å²) in [6.45, 7) is 0.470. The van der Waals surface area contributed by atoms with Crippen LogP contribution in [-0.4, -0.2) is 57.6 Å². The molecule has 4 aromatic carbocycles. The van der Waals surface area contributed by atoms with Gasteiger partial charge in [-0.1, -0.05) is 84.9 Å². The van der Waals surface area contributed by atoms with E-state index in [1.807, 2.05) is 121 Å². The van der Waals surface area contributed by atoms with E-state index in [4.69, 9.17) is 0 Å². The SMILES string of the molecule is O=C(O)[C@@H]1[C@H]2CC[C@@H](CN1C(=O)N(c1ccccc1)c1ccccc1)N2C(=O)N(Cc1ccccc1)c1ccccc1. The number of likely N-dealkylation sites (tertiary alicyclic amines) is 1. The Balaban J connectivity index is 1.34. The van der Waals surface area contributed by atoms with Crippen LogP contribution in [0.25, 0.3) is 0 Å². The van der Waals surface area contributed by atoms with Gasteiger partial charge in [0.05, 0.1) is 30.0 Å². The van der Waals surface area contributed by atoms with Crippen molar-refractivity contribution in [2.75, 3.05) is 16.3 Å². The predicted octanol–water partition coefficient (Wildman–Crippen LogP) is 6.37. The minimum atomic E-state index is -1.19. The van der Waals surface area contributed by atoms with Gasteiger partial charge >= 0.3 is 18.0 Å². The fourth-order valence-electron chi connectivity index (χ4n) is 6.18. The number of hydrogen-bond donors (Lipinski definition) is 1. The molecule has 4 amide bonds. The lowest BCUT2D eigenvalue weighted by Crippen LogP contribution is -2.67. The molecule has 0 aliphatic carbocycles. The second-order valence-corrected chi connectivity index (χ2v) is 10.6. The average molecular weight is 561 g/mol. The minimum absolute atomic E-state index is 0.127. The van der Waals surface area contributed by atoms with E-state index >= 15 is 0 Å². The molecular formula is C34H32N4O4. The van der Waals surface area contributed by atoms with E-state index in [1.54, 1.807) is 14.7 Å². The van der Waals surface area contributed by atoms with Crippen LogP contribution in [-0.2, 0) is 11.3 Å². The molecule has 2 heterocycles. The van der Waals surface area contributed by atoms with Gasteiger partial charge < -0.3 is 14.9 Å². The number of aliphatic carboxylic acids is 1. The molecule has 2 fully saturated rings. The number of fused-ring (bicyclic) bond motifs is 2. The van der Waals surface area contributed by atoms with Gasteiger partial charge in [0.15, 0.2) is 6.04 Å². The molecule has 0 saturated carbocycles. The largest absolute Gasteiger partial charge is 0.480 e. The monoisotopic (exact) mass is 560 g/mol. The van der Waals surface area contributed by atoms with E-state index in [0.717, 1.165) is 11.3 Å². The van der Waals surface area contributed by atoms with Gasteiger partial charge in [-0.25, -0.2) is 14.4 Å². The molecule has 2 saturated heterocycles. The summed E-state index contributed by atoms with van der Waals surface area (Å²) in [5.74, 6) is -1.12. The van der Waals surface area contributed by atoms with Crippen molar-refractivity contribution in [2.45, 2.75) is 37.5 Å². The Hall–Kier alpha value is -5.11. The number of urea groups is 2. The highest BCUT2D eigenvalue weighted by molar-refractivity contribution is 6.02. The Kier molecular flexibility index (Phi) is 7.60. The summed E-state index contributed by atoms with van der Waals surface area (Å²) in [6.07, 6.45) is 1.12. The highest BCUT2D eigenvalue weighted by Crippen LogP contribution is 2.38. The van der Waals surface area contributed by atoms with Gasteiger partial charge in [-0.2, -0.15) is 0 Å². The van der Waals surface area contributed by atoms with Gasteiger partial charge in [-0.05, 0) is 54.8 Å². The van der Waals surface area contributed by atoms with E-state index in [-0.39, 0.29) is 18.6 Å². The molecule has 8 nitrogen and oxygen atoms in total. The first-order chi connectivity index (χ1) is 20.5. The Labute approximate surface area is 245 Å². The molecule has 1 N–H and O–H groups in total. The molecule has 2 aliphatic rings. The van der Waals surface area contributed by atoms with Crippen molar-refractivity contribution >= 4 is 35.1 Å². The van der Waals surface area contributed by atoms with Crippen molar-refractivity contribution in [2.24, 2.45) is 0 Å². The number of carbonyl (C=O) groups excluding carboxylic acids is 2. The van der Waals surface area contributed by atoms with Crippen LogP contribution in [0.4, 0.5) is 26.7 Å². The number of benzene rings is 4. The van der Waals surface area contributed by atoms with Gasteiger partial charge in [0.25, 0.3) is 0 Å². The summed E-state index contributed by atoms with van der Waals surface area (Å²) < 4.78 is 0. The number of carbonyl (C=O) groups is 3. The second-order valence-electron chi connectivity index (χ2n) is 10.6. The first kappa shape index (κ1) is 27.1. The zero-order chi connectivity index (χ0) is 29.1. The van der Waals surface area contributed by atoms with Crippen molar-refractivity contribution in [3.63, 3.8) is 0 Å². The van der Waals surface area contributed by atoms with Crippen molar-refractivity contribution in [1.82, 2.24) is 9.80 Å². The summed E-state index contributed by atoms with van der Waals surface area (Å²) in [5.41, 5.74) is 2.98. The average Bonchev–Trinajstić information content (AvgIpc) is 3.33. The van der Waals surface area contributed by atoms with Crippen molar-refractivity contribution in [1.29, 1.82) is 0 Å². The summed E-state index contributed by atoms with van der Waals surface area (Å²) in [4.78, 5) is 47.9. The molecular weight excluding hydrogens is 528 g/mol. The van der Waals surface area contributed by atoms with Crippen LogP contribution in [0.2, 0.25) is 0 Å². The fraction of sp³-hybridized carbons (Fsp3) is 0.206. The third-order valence-corrected chi connectivity index (χ3v) is 8.08. The normalized spacial score (nSPS) is 19.3. The molecule has 2 aliphatic heterocycles. The van der Waals surface area contributed by atoms with Crippen molar-refractivity contribution in [3.8, 4) is 0 Å². The molecule has 212 valence electrons. The first-order valence-electron chi connectivity index (χ1n) is 14.2. The maximum absolute atomic E-state index is 14.3. The lowest BCUT2D eigenvalue weighted by Gasteiger charge is -2.47. The highest BCUT2D eigenvalue weighted by atomic mass is 16.4. The zero-order valence-corrected chi connectivity index (χ0v) is 23.1.